The lowest BCUT2D eigenvalue weighted by Gasteiger charge is -2.22. The van der Waals surface area contributed by atoms with Gasteiger partial charge in [-0.05, 0) is 37.1 Å². The highest BCUT2D eigenvalue weighted by molar-refractivity contribution is 6.13. The fraction of sp³-hybridized carbons (Fsp3) is 0.308. The van der Waals surface area contributed by atoms with Crippen LogP contribution in [0.3, 0.4) is 0 Å². The Balaban J connectivity index is 1.70. The zero-order valence-electron chi connectivity index (χ0n) is 18.4. The van der Waals surface area contributed by atoms with Gasteiger partial charge in [0.1, 0.15) is 5.69 Å². The van der Waals surface area contributed by atoms with Crippen molar-refractivity contribution in [2.45, 2.75) is 38.1 Å². The average Bonchev–Trinajstić information content (AvgIpc) is 3.22. The van der Waals surface area contributed by atoms with E-state index in [1.807, 2.05) is 42.5 Å². The molecule has 0 spiro atoms. The highest BCUT2D eigenvalue weighted by Crippen LogP contribution is 2.41. The van der Waals surface area contributed by atoms with E-state index in [1.54, 1.807) is 14.2 Å². The summed E-state index contributed by atoms with van der Waals surface area (Å²) in [4.78, 5) is 21.6. The number of nitrogens with zero attached hydrogens (tertiary/aromatic N) is 1. The van der Waals surface area contributed by atoms with Crippen LogP contribution in [-0.4, -0.2) is 36.1 Å². The summed E-state index contributed by atoms with van der Waals surface area (Å²) in [6.45, 7) is 0. The molecule has 0 radical (unpaired) electrons. The van der Waals surface area contributed by atoms with Crippen molar-refractivity contribution < 1.29 is 14.3 Å². The molecule has 2 heterocycles. The summed E-state index contributed by atoms with van der Waals surface area (Å²) in [5.74, 6) is 1.08. The van der Waals surface area contributed by atoms with Gasteiger partial charge < -0.3 is 19.8 Å². The van der Waals surface area contributed by atoms with Gasteiger partial charge in [-0.2, -0.15) is 0 Å². The Labute approximate surface area is 186 Å². The zero-order valence-corrected chi connectivity index (χ0v) is 18.4. The van der Waals surface area contributed by atoms with E-state index in [0.717, 1.165) is 53.1 Å². The summed E-state index contributed by atoms with van der Waals surface area (Å²) in [7, 11) is 3.23. The number of benzene rings is 2. The Morgan fingerprint density at radius 3 is 2.59 bits per heavy atom. The normalized spacial score (nSPS) is 14.6. The second kappa shape index (κ2) is 8.54. The molecule has 1 aliphatic carbocycles. The summed E-state index contributed by atoms with van der Waals surface area (Å²) >= 11 is 0. The lowest BCUT2D eigenvalue weighted by Crippen LogP contribution is -2.36. The standard InChI is InChI=1S/C26H27N3O3/c1-31-22-14-8-12-18(25(22)32-2)23-24-19(17-11-6-7-13-20(17)28-24)15-21(29-23)26(30)27-16-9-4-3-5-10-16/h6-8,11-16,28H,3-5,9-10H2,1-2H3,(H,27,30). The van der Waals surface area contributed by atoms with Crippen molar-refractivity contribution in [3.05, 3.63) is 54.2 Å². The number of carbonyl (C=O) groups excluding carboxylic acids is 1. The van der Waals surface area contributed by atoms with Crippen molar-refractivity contribution in [3.63, 3.8) is 0 Å². The highest BCUT2D eigenvalue weighted by Gasteiger charge is 2.22. The largest absolute Gasteiger partial charge is 0.493 e. The van der Waals surface area contributed by atoms with Crippen molar-refractivity contribution in [3.8, 4) is 22.8 Å². The number of methoxy groups -OCH3 is 2. The van der Waals surface area contributed by atoms with E-state index in [-0.39, 0.29) is 11.9 Å². The highest BCUT2D eigenvalue weighted by atomic mass is 16.5. The van der Waals surface area contributed by atoms with E-state index < -0.39 is 0 Å². The monoisotopic (exact) mass is 429 g/mol. The number of carbonyl (C=O) groups is 1. The first-order valence-corrected chi connectivity index (χ1v) is 11.1. The molecule has 1 aliphatic rings. The number of para-hydroxylation sites is 2. The quantitative estimate of drug-likeness (QED) is 0.441. The van der Waals surface area contributed by atoms with Gasteiger partial charge in [0, 0.05) is 27.9 Å². The molecule has 1 saturated carbocycles. The number of hydrogen-bond donors (Lipinski definition) is 2. The maximum absolute atomic E-state index is 13.2. The first-order valence-electron chi connectivity index (χ1n) is 11.1. The lowest BCUT2D eigenvalue weighted by atomic mass is 9.95. The molecule has 0 unspecified atom stereocenters. The van der Waals surface area contributed by atoms with Gasteiger partial charge in [0.2, 0.25) is 0 Å². The predicted molar refractivity (Wildman–Crippen MR) is 126 cm³/mol. The smallest absolute Gasteiger partial charge is 0.270 e. The molecule has 6 nitrogen and oxygen atoms in total. The SMILES string of the molecule is COc1cccc(-c2nc(C(=O)NC3CCCCC3)cc3c2[nH]c2ccccc23)c1OC. The Bertz CT molecular complexity index is 1290. The third-order valence-electron chi connectivity index (χ3n) is 6.33. The van der Waals surface area contributed by atoms with E-state index in [2.05, 4.69) is 16.4 Å². The maximum atomic E-state index is 13.2. The van der Waals surface area contributed by atoms with Crippen LogP contribution in [0.5, 0.6) is 11.5 Å². The van der Waals surface area contributed by atoms with Crippen LogP contribution in [0, 0.1) is 0 Å². The molecule has 4 aromatic rings. The molecule has 1 fully saturated rings. The Hall–Kier alpha value is -3.54. The molecule has 32 heavy (non-hydrogen) atoms. The van der Waals surface area contributed by atoms with Gasteiger partial charge in [0.25, 0.3) is 5.91 Å². The number of amides is 1. The van der Waals surface area contributed by atoms with E-state index in [1.165, 1.54) is 6.42 Å². The van der Waals surface area contributed by atoms with Crippen molar-refractivity contribution >= 4 is 27.7 Å². The summed E-state index contributed by atoms with van der Waals surface area (Å²) in [5, 5.41) is 5.22. The van der Waals surface area contributed by atoms with Gasteiger partial charge in [0.15, 0.2) is 11.5 Å². The van der Waals surface area contributed by atoms with Crippen molar-refractivity contribution in [1.82, 2.24) is 15.3 Å². The second-order valence-corrected chi connectivity index (χ2v) is 8.30. The van der Waals surface area contributed by atoms with Crippen LogP contribution >= 0.6 is 0 Å². The minimum Gasteiger partial charge on any atom is -0.493 e. The van der Waals surface area contributed by atoms with Crippen LogP contribution in [0.1, 0.15) is 42.6 Å². The van der Waals surface area contributed by atoms with Crippen molar-refractivity contribution in [2.24, 2.45) is 0 Å². The van der Waals surface area contributed by atoms with Crippen LogP contribution in [0.4, 0.5) is 0 Å². The number of fused-ring (bicyclic) bond motifs is 3. The molecule has 2 aromatic carbocycles. The predicted octanol–water partition coefficient (Wildman–Crippen LogP) is 5.46. The van der Waals surface area contributed by atoms with Gasteiger partial charge in [0.05, 0.1) is 25.4 Å². The number of aromatic nitrogens is 2. The molecule has 0 atom stereocenters. The molecule has 6 heteroatoms. The van der Waals surface area contributed by atoms with Crippen LogP contribution in [0.25, 0.3) is 33.1 Å². The number of ether oxygens (including phenoxy) is 2. The third-order valence-corrected chi connectivity index (χ3v) is 6.33. The fourth-order valence-corrected chi connectivity index (χ4v) is 4.74. The minimum atomic E-state index is -0.132. The molecule has 2 aromatic heterocycles. The first-order chi connectivity index (χ1) is 15.7. The number of H-pyrrole nitrogens is 1. The molecule has 0 bridgehead atoms. The van der Waals surface area contributed by atoms with Crippen LogP contribution in [0.2, 0.25) is 0 Å². The topological polar surface area (TPSA) is 76.2 Å². The minimum absolute atomic E-state index is 0.132. The number of pyridine rings is 1. The van der Waals surface area contributed by atoms with Crippen molar-refractivity contribution in [2.75, 3.05) is 14.2 Å². The van der Waals surface area contributed by atoms with E-state index in [9.17, 15) is 4.79 Å². The number of rotatable bonds is 5. The molecule has 1 amide bonds. The molecule has 0 saturated heterocycles. The van der Waals surface area contributed by atoms with Gasteiger partial charge in [-0.1, -0.05) is 43.5 Å². The maximum Gasteiger partial charge on any atom is 0.270 e. The molecular weight excluding hydrogens is 402 g/mol. The van der Waals surface area contributed by atoms with Crippen molar-refractivity contribution in [1.29, 1.82) is 0 Å². The van der Waals surface area contributed by atoms with E-state index in [4.69, 9.17) is 14.5 Å². The van der Waals surface area contributed by atoms with Gasteiger partial charge in [-0.25, -0.2) is 4.98 Å². The van der Waals surface area contributed by atoms with Crippen LogP contribution < -0.4 is 14.8 Å². The third kappa shape index (κ3) is 3.55. The van der Waals surface area contributed by atoms with E-state index in [0.29, 0.717) is 22.9 Å². The molecular formula is C26H27N3O3. The van der Waals surface area contributed by atoms with Crippen LogP contribution in [0.15, 0.2) is 48.5 Å². The Morgan fingerprint density at radius 2 is 1.81 bits per heavy atom. The lowest BCUT2D eigenvalue weighted by molar-refractivity contribution is 0.0923. The molecule has 164 valence electrons. The molecule has 5 rings (SSSR count). The summed E-state index contributed by atoms with van der Waals surface area (Å²) in [6, 6.07) is 15.9. The summed E-state index contributed by atoms with van der Waals surface area (Å²) in [6.07, 6.45) is 5.61. The number of aromatic amines is 1. The van der Waals surface area contributed by atoms with Crippen LogP contribution in [-0.2, 0) is 0 Å². The second-order valence-electron chi connectivity index (χ2n) is 8.30. The Morgan fingerprint density at radius 1 is 1.00 bits per heavy atom. The number of nitrogens with one attached hydrogen (secondary N) is 2. The van der Waals surface area contributed by atoms with E-state index >= 15 is 0 Å². The molecule has 2 N–H and O–H groups in total. The van der Waals surface area contributed by atoms with Gasteiger partial charge in [-0.3, -0.25) is 4.79 Å². The first kappa shape index (κ1) is 20.4. The summed E-state index contributed by atoms with van der Waals surface area (Å²) < 4.78 is 11.2. The number of hydrogen-bond acceptors (Lipinski definition) is 4. The van der Waals surface area contributed by atoms with Gasteiger partial charge >= 0.3 is 0 Å². The average molecular weight is 430 g/mol. The fourth-order valence-electron chi connectivity index (χ4n) is 4.74. The zero-order chi connectivity index (χ0) is 22.1. The Kier molecular flexibility index (Phi) is 5.43. The summed E-state index contributed by atoms with van der Waals surface area (Å²) in [5.41, 5.74) is 3.72. The molecule has 0 aliphatic heterocycles. The van der Waals surface area contributed by atoms with Gasteiger partial charge in [-0.15, -0.1) is 0 Å².